The fourth-order valence-corrected chi connectivity index (χ4v) is 2.16. The molecule has 0 atom stereocenters. The molecule has 18 heavy (non-hydrogen) atoms. The lowest BCUT2D eigenvalue weighted by atomic mass is 10.2. The summed E-state index contributed by atoms with van der Waals surface area (Å²) in [4.78, 5) is 16.4. The van der Waals surface area contributed by atoms with Crippen LogP contribution in [0, 0.1) is 13.8 Å². The SMILES string of the molecule is Cc1cccnc1Cn1cc(N)c(C)c(Br)c1=O. The first-order valence-electron chi connectivity index (χ1n) is 5.56. The van der Waals surface area contributed by atoms with Gasteiger partial charge in [0.2, 0.25) is 0 Å². The molecule has 0 aromatic carbocycles. The summed E-state index contributed by atoms with van der Waals surface area (Å²) in [5.74, 6) is 0. The van der Waals surface area contributed by atoms with Gasteiger partial charge in [-0.05, 0) is 47.0 Å². The molecule has 0 spiro atoms. The average Bonchev–Trinajstić information content (AvgIpc) is 2.36. The van der Waals surface area contributed by atoms with Crippen molar-refractivity contribution in [3.05, 3.63) is 56.2 Å². The van der Waals surface area contributed by atoms with Gasteiger partial charge in [-0.2, -0.15) is 0 Å². The zero-order valence-electron chi connectivity index (χ0n) is 10.3. The minimum Gasteiger partial charge on any atom is -0.397 e. The fourth-order valence-electron chi connectivity index (χ4n) is 1.70. The van der Waals surface area contributed by atoms with Gasteiger partial charge in [0.25, 0.3) is 5.56 Å². The third kappa shape index (κ3) is 2.31. The van der Waals surface area contributed by atoms with Gasteiger partial charge in [0.1, 0.15) is 0 Å². The Balaban J connectivity index is 2.48. The van der Waals surface area contributed by atoms with Crippen molar-refractivity contribution in [1.29, 1.82) is 0 Å². The Labute approximate surface area is 114 Å². The zero-order chi connectivity index (χ0) is 13.3. The Hall–Kier alpha value is -1.62. The van der Waals surface area contributed by atoms with Gasteiger partial charge in [-0.15, -0.1) is 0 Å². The van der Waals surface area contributed by atoms with Gasteiger partial charge in [0, 0.05) is 12.4 Å². The van der Waals surface area contributed by atoms with E-state index in [0.29, 0.717) is 16.7 Å². The minimum atomic E-state index is -0.0910. The summed E-state index contributed by atoms with van der Waals surface area (Å²) < 4.78 is 2.08. The smallest absolute Gasteiger partial charge is 0.265 e. The lowest BCUT2D eigenvalue weighted by molar-refractivity contribution is 0.730. The first-order valence-corrected chi connectivity index (χ1v) is 6.35. The minimum absolute atomic E-state index is 0.0910. The van der Waals surface area contributed by atoms with E-state index in [0.717, 1.165) is 16.8 Å². The van der Waals surface area contributed by atoms with Crippen LogP contribution in [0.4, 0.5) is 5.69 Å². The molecule has 0 aliphatic heterocycles. The summed E-state index contributed by atoms with van der Waals surface area (Å²) in [6, 6.07) is 3.85. The highest BCUT2D eigenvalue weighted by atomic mass is 79.9. The van der Waals surface area contributed by atoms with Crippen LogP contribution in [0.25, 0.3) is 0 Å². The highest BCUT2D eigenvalue weighted by Gasteiger charge is 2.09. The Bertz CT molecular complexity index is 649. The second-order valence-electron chi connectivity index (χ2n) is 4.22. The molecule has 2 aromatic rings. The molecule has 5 heteroatoms. The number of halogens is 1. The molecule has 0 bridgehead atoms. The summed E-state index contributed by atoms with van der Waals surface area (Å²) >= 11 is 3.28. The maximum Gasteiger partial charge on any atom is 0.265 e. The van der Waals surface area contributed by atoms with Gasteiger partial charge in [-0.25, -0.2) is 0 Å². The topological polar surface area (TPSA) is 60.9 Å². The highest BCUT2D eigenvalue weighted by molar-refractivity contribution is 9.10. The van der Waals surface area contributed by atoms with Crippen molar-refractivity contribution in [3.63, 3.8) is 0 Å². The van der Waals surface area contributed by atoms with Crippen LogP contribution in [0.15, 0.2) is 33.8 Å². The molecular weight excluding hydrogens is 294 g/mol. The van der Waals surface area contributed by atoms with Gasteiger partial charge in [0.05, 0.1) is 22.4 Å². The standard InChI is InChI=1S/C13H14BrN3O/c1-8-4-3-5-16-11(8)7-17-6-10(15)9(2)12(14)13(17)18/h3-6H,7,15H2,1-2H3. The molecular formula is C13H14BrN3O. The van der Waals surface area contributed by atoms with E-state index in [9.17, 15) is 4.79 Å². The number of nitrogens with two attached hydrogens (primary N) is 1. The van der Waals surface area contributed by atoms with E-state index in [4.69, 9.17) is 5.73 Å². The maximum atomic E-state index is 12.1. The largest absolute Gasteiger partial charge is 0.397 e. The number of rotatable bonds is 2. The first-order chi connectivity index (χ1) is 8.50. The van der Waals surface area contributed by atoms with Crippen LogP contribution in [0.1, 0.15) is 16.8 Å². The van der Waals surface area contributed by atoms with E-state index in [-0.39, 0.29) is 5.56 Å². The van der Waals surface area contributed by atoms with Gasteiger partial charge in [-0.3, -0.25) is 9.78 Å². The molecule has 0 amide bonds. The molecule has 2 N–H and O–H groups in total. The number of nitrogen functional groups attached to an aromatic ring is 1. The van der Waals surface area contributed by atoms with Crippen LogP contribution in [-0.4, -0.2) is 9.55 Å². The Morgan fingerprint density at radius 1 is 1.44 bits per heavy atom. The van der Waals surface area contributed by atoms with E-state index in [1.807, 2.05) is 26.0 Å². The molecule has 0 saturated carbocycles. The van der Waals surface area contributed by atoms with Crippen molar-refractivity contribution in [2.75, 3.05) is 5.73 Å². The molecule has 0 fully saturated rings. The molecule has 0 unspecified atom stereocenters. The monoisotopic (exact) mass is 307 g/mol. The van der Waals surface area contributed by atoms with Gasteiger partial charge in [-0.1, -0.05) is 6.07 Å². The van der Waals surface area contributed by atoms with Crippen LogP contribution in [-0.2, 0) is 6.54 Å². The quantitative estimate of drug-likeness (QED) is 0.925. The van der Waals surface area contributed by atoms with E-state index in [1.54, 1.807) is 17.0 Å². The Kier molecular flexibility index (Phi) is 3.52. The van der Waals surface area contributed by atoms with Crippen molar-refractivity contribution in [3.8, 4) is 0 Å². The first kappa shape index (κ1) is 12.8. The predicted molar refractivity (Wildman–Crippen MR) is 75.6 cm³/mol. The number of aromatic nitrogens is 2. The van der Waals surface area contributed by atoms with Crippen molar-refractivity contribution >= 4 is 21.6 Å². The van der Waals surface area contributed by atoms with Crippen molar-refractivity contribution < 1.29 is 0 Å². The molecule has 2 heterocycles. The Morgan fingerprint density at radius 3 is 2.83 bits per heavy atom. The zero-order valence-corrected chi connectivity index (χ0v) is 11.9. The van der Waals surface area contributed by atoms with Crippen molar-refractivity contribution in [2.24, 2.45) is 0 Å². The van der Waals surface area contributed by atoms with Crippen LogP contribution in [0.2, 0.25) is 0 Å². The summed E-state index contributed by atoms with van der Waals surface area (Å²) in [7, 11) is 0. The molecule has 0 radical (unpaired) electrons. The van der Waals surface area contributed by atoms with E-state index < -0.39 is 0 Å². The molecule has 2 rings (SSSR count). The molecule has 0 saturated heterocycles. The summed E-state index contributed by atoms with van der Waals surface area (Å²) in [6.45, 7) is 4.21. The van der Waals surface area contributed by atoms with Crippen LogP contribution in [0.3, 0.4) is 0 Å². The van der Waals surface area contributed by atoms with Crippen molar-refractivity contribution in [1.82, 2.24) is 9.55 Å². The van der Waals surface area contributed by atoms with E-state index in [2.05, 4.69) is 20.9 Å². The second kappa shape index (κ2) is 4.94. The predicted octanol–water partition coefficient (Wildman–Crippen LogP) is 2.25. The second-order valence-corrected chi connectivity index (χ2v) is 5.02. The number of pyridine rings is 2. The summed E-state index contributed by atoms with van der Waals surface area (Å²) in [5, 5.41) is 0. The lowest BCUT2D eigenvalue weighted by Crippen LogP contribution is -2.23. The molecule has 0 aliphatic rings. The third-order valence-electron chi connectivity index (χ3n) is 2.94. The summed E-state index contributed by atoms with van der Waals surface area (Å²) in [6.07, 6.45) is 3.39. The highest BCUT2D eigenvalue weighted by Crippen LogP contribution is 2.17. The van der Waals surface area contributed by atoms with Crippen molar-refractivity contribution in [2.45, 2.75) is 20.4 Å². The third-order valence-corrected chi connectivity index (χ3v) is 3.88. The van der Waals surface area contributed by atoms with Gasteiger partial charge >= 0.3 is 0 Å². The van der Waals surface area contributed by atoms with Gasteiger partial charge < -0.3 is 10.3 Å². The normalized spacial score (nSPS) is 10.6. The fraction of sp³-hybridized carbons (Fsp3) is 0.231. The Morgan fingerprint density at radius 2 is 2.17 bits per heavy atom. The number of hydrogen-bond acceptors (Lipinski definition) is 3. The van der Waals surface area contributed by atoms with Gasteiger partial charge in [0.15, 0.2) is 0 Å². The molecule has 94 valence electrons. The van der Waals surface area contributed by atoms with Crippen LogP contribution in [0.5, 0.6) is 0 Å². The lowest BCUT2D eigenvalue weighted by Gasteiger charge is -2.11. The number of anilines is 1. The number of aryl methyl sites for hydroxylation is 1. The maximum absolute atomic E-state index is 12.1. The number of nitrogens with zero attached hydrogens (tertiary/aromatic N) is 2. The van der Waals surface area contributed by atoms with Crippen LogP contribution < -0.4 is 11.3 Å². The van der Waals surface area contributed by atoms with E-state index in [1.165, 1.54) is 0 Å². The van der Waals surface area contributed by atoms with E-state index >= 15 is 0 Å². The molecule has 0 aliphatic carbocycles. The molecule has 4 nitrogen and oxygen atoms in total. The molecule has 2 aromatic heterocycles. The average molecular weight is 308 g/mol. The number of hydrogen-bond donors (Lipinski definition) is 1. The van der Waals surface area contributed by atoms with Crippen LogP contribution >= 0.6 is 15.9 Å². The summed E-state index contributed by atoms with van der Waals surface area (Å²) in [5.41, 5.74) is 9.07.